The largest absolute Gasteiger partial charge is 0.455 e. The summed E-state index contributed by atoms with van der Waals surface area (Å²) in [6.07, 6.45) is 5.86. The van der Waals surface area contributed by atoms with Crippen LogP contribution in [0.15, 0.2) is 18.2 Å². The molecule has 0 aliphatic heterocycles. The number of ether oxygens (including phenoxy) is 1. The zero-order valence-corrected chi connectivity index (χ0v) is 14.5. The van der Waals surface area contributed by atoms with Gasteiger partial charge >= 0.3 is 5.97 Å². The number of rotatable bonds is 4. The third-order valence-electron chi connectivity index (χ3n) is 6.24. The average molecular weight is 345 g/mol. The fraction of sp³-hybridized carbons (Fsp3) is 0.600. The molecule has 0 atom stereocenters. The van der Waals surface area contributed by atoms with Crippen molar-refractivity contribution in [3.63, 3.8) is 0 Å². The smallest absolute Gasteiger partial charge is 0.310 e. The van der Waals surface area contributed by atoms with Crippen LogP contribution in [0.2, 0.25) is 0 Å². The highest BCUT2D eigenvalue weighted by molar-refractivity contribution is 5.93. The molecule has 1 amide bonds. The molecule has 0 radical (unpaired) electrons. The molecule has 4 fully saturated rings. The second kappa shape index (κ2) is 6.43. The quantitative estimate of drug-likeness (QED) is 0.847. The molecule has 0 spiro atoms. The number of amides is 1. The van der Waals surface area contributed by atoms with E-state index >= 15 is 0 Å². The Morgan fingerprint density at radius 3 is 2.36 bits per heavy atom. The van der Waals surface area contributed by atoms with Crippen LogP contribution >= 0.6 is 0 Å². The van der Waals surface area contributed by atoms with E-state index in [1.165, 1.54) is 18.6 Å². The number of nitrogens with one attached hydrogen (secondary N) is 1. The standard InChI is InChI=1S/C20H24FNO3/c1-11-2-3-17(16(21)4-11)22-18(23)10-25-20(24)19-14-6-12-5-13(8-14)9-15(19)7-12/h2-4,12-15,19H,5-10H2,1H3,(H,22,23). The maximum absolute atomic E-state index is 13.8. The van der Waals surface area contributed by atoms with Gasteiger partial charge in [0, 0.05) is 0 Å². The Morgan fingerprint density at radius 2 is 1.76 bits per heavy atom. The van der Waals surface area contributed by atoms with E-state index in [0.717, 1.165) is 43.1 Å². The summed E-state index contributed by atoms with van der Waals surface area (Å²) in [5.41, 5.74) is 0.894. The van der Waals surface area contributed by atoms with Crippen molar-refractivity contribution >= 4 is 17.6 Å². The second-order valence-electron chi connectivity index (χ2n) is 8.10. The zero-order chi connectivity index (χ0) is 17.6. The maximum atomic E-state index is 13.8. The fourth-order valence-electron chi connectivity index (χ4n) is 5.45. The lowest BCUT2D eigenvalue weighted by Gasteiger charge is -2.53. The highest BCUT2D eigenvalue weighted by atomic mass is 19.1. The van der Waals surface area contributed by atoms with Crippen LogP contribution < -0.4 is 5.32 Å². The van der Waals surface area contributed by atoms with Crippen molar-refractivity contribution in [2.45, 2.75) is 39.0 Å². The van der Waals surface area contributed by atoms with Gasteiger partial charge in [-0.25, -0.2) is 4.39 Å². The lowest BCUT2D eigenvalue weighted by Crippen LogP contribution is -2.48. The third-order valence-corrected chi connectivity index (χ3v) is 6.24. The number of hydrogen-bond acceptors (Lipinski definition) is 3. The first kappa shape index (κ1) is 16.6. The number of aryl methyl sites for hydroxylation is 1. The number of esters is 1. The molecule has 5 heteroatoms. The van der Waals surface area contributed by atoms with Crippen molar-refractivity contribution in [2.24, 2.45) is 29.6 Å². The summed E-state index contributed by atoms with van der Waals surface area (Å²) >= 11 is 0. The molecule has 4 saturated carbocycles. The zero-order valence-electron chi connectivity index (χ0n) is 14.5. The minimum atomic E-state index is -0.500. The van der Waals surface area contributed by atoms with Gasteiger partial charge in [0.25, 0.3) is 5.91 Å². The van der Waals surface area contributed by atoms with E-state index in [-0.39, 0.29) is 24.2 Å². The Labute approximate surface area is 147 Å². The number of carbonyl (C=O) groups is 2. The Hall–Kier alpha value is -1.91. The second-order valence-corrected chi connectivity index (χ2v) is 8.10. The van der Waals surface area contributed by atoms with Crippen LogP contribution in [0.5, 0.6) is 0 Å². The van der Waals surface area contributed by atoms with Gasteiger partial charge < -0.3 is 10.1 Å². The first-order chi connectivity index (χ1) is 12.0. The first-order valence-corrected chi connectivity index (χ1v) is 9.22. The van der Waals surface area contributed by atoms with Gasteiger partial charge in [-0.1, -0.05) is 6.07 Å². The summed E-state index contributed by atoms with van der Waals surface area (Å²) in [5, 5.41) is 2.47. The topological polar surface area (TPSA) is 55.4 Å². The lowest BCUT2D eigenvalue weighted by atomic mass is 9.52. The molecule has 0 aromatic heterocycles. The molecule has 1 N–H and O–H groups in total. The number of anilines is 1. The molecule has 4 aliphatic carbocycles. The minimum Gasteiger partial charge on any atom is -0.455 e. The van der Waals surface area contributed by atoms with Crippen LogP contribution in [0, 0.1) is 42.3 Å². The molecule has 1 aromatic carbocycles. The van der Waals surface area contributed by atoms with Crippen molar-refractivity contribution in [2.75, 3.05) is 11.9 Å². The van der Waals surface area contributed by atoms with Gasteiger partial charge in [-0.3, -0.25) is 9.59 Å². The van der Waals surface area contributed by atoms with Crippen LogP contribution in [0.3, 0.4) is 0 Å². The molecule has 0 heterocycles. The SMILES string of the molecule is Cc1ccc(NC(=O)COC(=O)C2C3CC4CC(C3)CC2C4)c(F)c1. The number of halogens is 1. The predicted molar refractivity (Wildman–Crippen MR) is 91.3 cm³/mol. The number of benzene rings is 1. The van der Waals surface area contributed by atoms with Crippen molar-refractivity contribution in [1.82, 2.24) is 0 Å². The van der Waals surface area contributed by atoms with Gasteiger partial charge in [0.1, 0.15) is 5.82 Å². The molecule has 134 valence electrons. The molecular formula is C20H24FNO3. The summed E-state index contributed by atoms with van der Waals surface area (Å²) in [7, 11) is 0. The van der Waals surface area contributed by atoms with Crippen LogP contribution in [-0.2, 0) is 14.3 Å². The molecule has 4 aliphatic rings. The van der Waals surface area contributed by atoms with Crippen LogP contribution in [0.4, 0.5) is 10.1 Å². The molecule has 25 heavy (non-hydrogen) atoms. The van der Waals surface area contributed by atoms with E-state index < -0.39 is 11.7 Å². The van der Waals surface area contributed by atoms with Gasteiger partial charge in [0.2, 0.25) is 0 Å². The molecule has 5 rings (SSSR count). The molecular weight excluding hydrogens is 321 g/mol. The van der Waals surface area contributed by atoms with Crippen LogP contribution in [0.25, 0.3) is 0 Å². The van der Waals surface area contributed by atoms with Gasteiger partial charge in [0.15, 0.2) is 6.61 Å². The van der Waals surface area contributed by atoms with Crippen LogP contribution in [0.1, 0.15) is 37.7 Å². The van der Waals surface area contributed by atoms with Crippen molar-refractivity contribution in [3.8, 4) is 0 Å². The molecule has 4 bridgehead atoms. The average Bonchev–Trinajstić information content (AvgIpc) is 2.54. The van der Waals surface area contributed by atoms with Gasteiger partial charge in [-0.15, -0.1) is 0 Å². The molecule has 0 saturated heterocycles. The highest BCUT2D eigenvalue weighted by Gasteiger charge is 2.51. The van der Waals surface area contributed by atoms with E-state index in [1.54, 1.807) is 13.0 Å². The highest BCUT2D eigenvalue weighted by Crippen LogP contribution is 2.56. The normalized spacial score (nSPS) is 32.5. The van der Waals surface area contributed by atoms with E-state index in [4.69, 9.17) is 4.74 Å². The van der Waals surface area contributed by atoms with Gasteiger partial charge in [-0.05, 0) is 80.4 Å². The van der Waals surface area contributed by atoms with Crippen molar-refractivity contribution in [1.29, 1.82) is 0 Å². The molecule has 4 nitrogen and oxygen atoms in total. The Morgan fingerprint density at radius 1 is 1.12 bits per heavy atom. The van der Waals surface area contributed by atoms with E-state index in [2.05, 4.69) is 5.32 Å². The van der Waals surface area contributed by atoms with Crippen molar-refractivity contribution in [3.05, 3.63) is 29.6 Å². The Balaban J connectivity index is 1.32. The summed E-state index contributed by atoms with van der Waals surface area (Å²) in [4.78, 5) is 24.5. The fourth-order valence-corrected chi connectivity index (χ4v) is 5.45. The van der Waals surface area contributed by atoms with E-state index in [1.807, 2.05) is 0 Å². The molecule has 1 aromatic rings. The summed E-state index contributed by atoms with van der Waals surface area (Å²) in [6.45, 7) is 1.43. The number of carbonyl (C=O) groups excluding carboxylic acids is 2. The summed E-state index contributed by atoms with van der Waals surface area (Å²) < 4.78 is 19.1. The van der Waals surface area contributed by atoms with Crippen LogP contribution in [-0.4, -0.2) is 18.5 Å². The third kappa shape index (κ3) is 3.29. The van der Waals surface area contributed by atoms with E-state index in [0.29, 0.717) is 11.8 Å². The Bertz CT molecular complexity index is 674. The summed E-state index contributed by atoms with van der Waals surface area (Å²) in [5.74, 6) is 1.17. The maximum Gasteiger partial charge on any atom is 0.310 e. The first-order valence-electron chi connectivity index (χ1n) is 9.22. The van der Waals surface area contributed by atoms with Crippen molar-refractivity contribution < 1.29 is 18.7 Å². The minimum absolute atomic E-state index is 0.0447. The van der Waals surface area contributed by atoms with Gasteiger partial charge in [0.05, 0.1) is 11.6 Å². The molecule has 0 unspecified atom stereocenters. The Kier molecular flexibility index (Phi) is 4.26. The lowest BCUT2D eigenvalue weighted by molar-refractivity contribution is -0.164. The monoisotopic (exact) mass is 345 g/mol. The summed E-state index contributed by atoms with van der Waals surface area (Å²) in [6, 6.07) is 4.59. The van der Waals surface area contributed by atoms with Gasteiger partial charge in [-0.2, -0.15) is 0 Å². The van der Waals surface area contributed by atoms with E-state index in [9.17, 15) is 14.0 Å². The predicted octanol–water partition coefficient (Wildman–Crippen LogP) is 3.69. The number of hydrogen-bond donors (Lipinski definition) is 1.